The predicted molar refractivity (Wildman–Crippen MR) is 84.1 cm³/mol. The summed E-state index contributed by atoms with van der Waals surface area (Å²) in [6, 6.07) is 0.403. The van der Waals surface area contributed by atoms with Gasteiger partial charge in [0.2, 0.25) is 0 Å². The van der Waals surface area contributed by atoms with Gasteiger partial charge < -0.3 is 20.1 Å². The number of aliphatic hydroxyl groups excluding tert-OH is 1. The third-order valence-corrected chi connectivity index (χ3v) is 4.04. The quantitative estimate of drug-likeness (QED) is 0.681. The van der Waals surface area contributed by atoms with Crippen molar-refractivity contribution in [3.8, 4) is 0 Å². The molecule has 4 nitrogen and oxygen atoms in total. The van der Waals surface area contributed by atoms with Gasteiger partial charge in [-0.2, -0.15) is 0 Å². The second-order valence-corrected chi connectivity index (χ2v) is 6.87. The van der Waals surface area contributed by atoms with E-state index in [1.807, 2.05) is 0 Å². The highest BCUT2D eigenvalue weighted by atomic mass is 16.5. The second kappa shape index (κ2) is 8.98. The van der Waals surface area contributed by atoms with Crippen LogP contribution in [0.5, 0.6) is 0 Å². The molecule has 2 N–H and O–H groups in total. The van der Waals surface area contributed by atoms with Crippen molar-refractivity contribution in [3.05, 3.63) is 0 Å². The molecule has 0 amide bonds. The molecule has 2 atom stereocenters. The van der Waals surface area contributed by atoms with Gasteiger partial charge in [0.1, 0.15) is 0 Å². The molecule has 0 saturated carbocycles. The SMILES string of the molecule is CC(C)NC(C)(CO)CCCN(C)CC1CCCCO1. The molecule has 0 aromatic heterocycles. The fourth-order valence-electron chi connectivity index (χ4n) is 3.02. The monoisotopic (exact) mass is 286 g/mol. The van der Waals surface area contributed by atoms with Gasteiger partial charge in [0.25, 0.3) is 0 Å². The van der Waals surface area contributed by atoms with Crippen LogP contribution >= 0.6 is 0 Å². The van der Waals surface area contributed by atoms with Crippen LogP contribution in [-0.4, -0.2) is 61.0 Å². The highest BCUT2D eigenvalue weighted by Crippen LogP contribution is 2.15. The first-order valence-electron chi connectivity index (χ1n) is 8.14. The molecule has 1 fully saturated rings. The molecule has 0 bridgehead atoms. The van der Waals surface area contributed by atoms with Crippen molar-refractivity contribution in [1.82, 2.24) is 10.2 Å². The van der Waals surface area contributed by atoms with Crippen LogP contribution < -0.4 is 5.32 Å². The van der Waals surface area contributed by atoms with Crippen molar-refractivity contribution in [3.63, 3.8) is 0 Å². The first-order valence-corrected chi connectivity index (χ1v) is 8.14. The lowest BCUT2D eigenvalue weighted by molar-refractivity contribution is -0.00197. The summed E-state index contributed by atoms with van der Waals surface area (Å²) < 4.78 is 5.78. The van der Waals surface area contributed by atoms with Crippen molar-refractivity contribution in [2.75, 3.05) is 33.4 Å². The standard InChI is InChI=1S/C16H34N2O2/c1-14(2)17-16(3,13-19)9-7-10-18(4)12-15-8-5-6-11-20-15/h14-15,17,19H,5-13H2,1-4H3. The lowest BCUT2D eigenvalue weighted by Crippen LogP contribution is -2.49. The highest BCUT2D eigenvalue weighted by Gasteiger charge is 2.23. The molecule has 0 aromatic carbocycles. The Morgan fingerprint density at radius 1 is 1.40 bits per heavy atom. The van der Waals surface area contributed by atoms with Crippen molar-refractivity contribution in [2.45, 2.75) is 70.6 Å². The minimum atomic E-state index is -0.156. The summed E-state index contributed by atoms with van der Waals surface area (Å²) in [5, 5.41) is 13.0. The van der Waals surface area contributed by atoms with Gasteiger partial charge in [0.15, 0.2) is 0 Å². The summed E-state index contributed by atoms with van der Waals surface area (Å²) in [5.41, 5.74) is -0.156. The number of aliphatic hydroxyl groups is 1. The summed E-state index contributed by atoms with van der Waals surface area (Å²) in [6.45, 7) is 9.58. The summed E-state index contributed by atoms with van der Waals surface area (Å²) in [6.07, 6.45) is 6.24. The van der Waals surface area contributed by atoms with Crippen LogP contribution in [0.4, 0.5) is 0 Å². The third-order valence-electron chi connectivity index (χ3n) is 4.04. The Bertz CT molecular complexity index is 255. The van der Waals surface area contributed by atoms with Crippen LogP contribution in [0.25, 0.3) is 0 Å². The molecular formula is C16H34N2O2. The molecule has 0 spiro atoms. The van der Waals surface area contributed by atoms with E-state index in [1.165, 1.54) is 19.3 Å². The van der Waals surface area contributed by atoms with E-state index in [4.69, 9.17) is 4.74 Å². The topological polar surface area (TPSA) is 44.7 Å². The van der Waals surface area contributed by atoms with Crippen molar-refractivity contribution < 1.29 is 9.84 Å². The van der Waals surface area contributed by atoms with Gasteiger partial charge in [-0.15, -0.1) is 0 Å². The first kappa shape index (κ1) is 17.9. The zero-order valence-electron chi connectivity index (χ0n) is 13.8. The molecule has 1 saturated heterocycles. The normalized spacial score (nSPS) is 23.2. The minimum absolute atomic E-state index is 0.156. The summed E-state index contributed by atoms with van der Waals surface area (Å²) in [5.74, 6) is 0. The Labute approximate surface area is 124 Å². The van der Waals surface area contributed by atoms with Crippen LogP contribution in [0.15, 0.2) is 0 Å². The van der Waals surface area contributed by atoms with Crippen molar-refractivity contribution >= 4 is 0 Å². The Morgan fingerprint density at radius 3 is 2.70 bits per heavy atom. The summed E-state index contributed by atoms with van der Waals surface area (Å²) in [7, 11) is 2.17. The number of rotatable bonds is 9. The van der Waals surface area contributed by atoms with Gasteiger partial charge in [0.05, 0.1) is 12.7 Å². The molecule has 1 aliphatic rings. The number of hydrogen-bond acceptors (Lipinski definition) is 4. The third kappa shape index (κ3) is 7.02. The van der Waals surface area contributed by atoms with Crippen molar-refractivity contribution in [2.24, 2.45) is 0 Å². The van der Waals surface area contributed by atoms with E-state index in [0.29, 0.717) is 12.1 Å². The number of nitrogens with zero attached hydrogens (tertiary/aromatic N) is 1. The van der Waals surface area contributed by atoms with Gasteiger partial charge in [-0.3, -0.25) is 0 Å². The number of hydrogen-bond donors (Lipinski definition) is 2. The Kier molecular flexibility index (Phi) is 8.03. The molecule has 0 aliphatic carbocycles. The molecule has 1 aliphatic heterocycles. The molecule has 20 heavy (non-hydrogen) atoms. The average molecular weight is 286 g/mol. The molecule has 2 unspecified atom stereocenters. The van der Waals surface area contributed by atoms with Crippen LogP contribution in [0.3, 0.4) is 0 Å². The lowest BCUT2D eigenvalue weighted by Gasteiger charge is -2.32. The highest BCUT2D eigenvalue weighted by molar-refractivity contribution is 4.84. The van der Waals surface area contributed by atoms with Crippen LogP contribution in [0.1, 0.15) is 52.9 Å². The maximum Gasteiger partial charge on any atom is 0.0701 e. The van der Waals surface area contributed by atoms with E-state index < -0.39 is 0 Å². The lowest BCUT2D eigenvalue weighted by atomic mass is 9.95. The molecule has 1 heterocycles. The van der Waals surface area contributed by atoms with Crippen molar-refractivity contribution in [1.29, 1.82) is 0 Å². The maximum absolute atomic E-state index is 9.56. The van der Waals surface area contributed by atoms with Gasteiger partial charge in [-0.05, 0) is 52.6 Å². The Hall–Kier alpha value is -0.160. The van der Waals surface area contributed by atoms with E-state index in [0.717, 1.165) is 32.5 Å². The van der Waals surface area contributed by atoms with Gasteiger partial charge in [0, 0.05) is 24.7 Å². The van der Waals surface area contributed by atoms with E-state index in [-0.39, 0.29) is 12.1 Å². The van der Waals surface area contributed by atoms with Crippen LogP contribution in [0, 0.1) is 0 Å². The molecule has 0 radical (unpaired) electrons. The van der Waals surface area contributed by atoms with Gasteiger partial charge in [-0.1, -0.05) is 13.8 Å². The van der Waals surface area contributed by atoms with E-state index >= 15 is 0 Å². The maximum atomic E-state index is 9.56. The molecular weight excluding hydrogens is 252 g/mol. The molecule has 0 aromatic rings. The summed E-state index contributed by atoms with van der Waals surface area (Å²) in [4.78, 5) is 2.36. The summed E-state index contributed by atoms with van der Waals surface area (Å²) >= 11 is 0. The fraction of sp³-hybridized carbons (Fsp3) is 1.00. The number of likely N-dealkylation sites (N-methyl/N-ethyl adjacent to an activating group) is 1. The van der Waals surface area contributed by atoms with E-state index in [1.54, 1.807) is 0 Å². The number of ether oxygens (including phenoxy) is 1. The minimum Gasteiger partial charge on any atom is -0.394 e. The zero-order valence-corrected chi connectivity index (χ0v) is 13.8. The molecule has 120 valence electrons. The average Bonchev–Trinajstić information content (AvgIpc) is 2.39. The Balaban J connectivity index is 2.20. The second-order valence-electron chi connectivity index (χ2n) is 6.87. The zero-order chi connectivity index (χ0) is 15.0. The van der Waals surface area contributed by atoms with Gasteiger partial charge >= 0.3 is 0 Å². The Morgan fingerprint density at radius 2 is 2.15 bits per heavy atom. The fourth-order valence-corrected chi connectivity index (χ4v) is 3.02. The largest absolute Gasteiger partial charge is 0.394 e. The number of nitrogens with one attached hydrogen (secondary N) is 1. The van der Waals surface area contributed by atoms with Crippen LogP contribution in [-0.2, 0) is 4.74 Å². The molecule has 4 heteroatoms. The first-order chi connectivity index (χ1) is 9.45. The van der Waals surface area contributed by atoms with E-state index in [9.17, 15) is 5.11 Å². The molecule has 1 rings (SSSR count). The van der Waals surface area contributed by atoms with Gasteiger partial charge in [-0.25, -0.2) is 0 Å². The van der Waals surface area contributed by atoms with Crippen LogP contribution in [0.2, 0.25) is 0 Å². The smallest absolute Gasteiger partial charge is 0.0701 e. The predicted octanol–water partition coefficient (Wildman–Crippen LogP) is 2.02. The van der Waals surface area contributed by atoms with E-state index in [2.05, 4.69) is 38.0 Å².